The van der Waals surface area contributed by atoms with Crippen molar-refractivity contribution in [3.8, 4) is 6.07 Å². The summed E-state index contributed by atoms with van der Waals surface area (Å²) in [7, 11) is 0. The number of hydrogen-bond acceptors (Lipinski definition) is 4. The Labute approximate surface area is 81.7 Å². The molecule has 1 atom stereocenters. The van der Waals surface area contributed by atoms with Crippen LogP contribution in [0.5, 0.6) is 0 Å². The maximum Gasteiger partial charge on any atom is 0.234 e. The van der Waals surface area contributed by atoms with Crippen molar-refractivity contribution in [2.24, 2.45) is 0 Å². The molecule has 0 aromatic heterocycles. The van der Waals surface area contributed by atoms with Gasteiger partial charge in [-0.25, -0.2) is 0 Å². The molecule has 14 heavy (non-hydrogen) atoms. The van der Waals surface area contributed by atoms with Gasteiger partial charge in [0.25, 0.3) is 0 Å². The molecule has 1 fully saturated rings. The van der Waals surface area contributed by atoms with Gasteiger partial charge in [0.1, 0.15) is 6.54 Å². The van der Waals surface area contributed by atoms with Crippen molar-refractivity contribution in [1.29, 1.82) is 5.26 Å². The highest BCUT2D eigenvalue weighted by molar-refractivity contribution is 5.80. The number of amides is 2. The van der Waals surface area contributed by atoms with E-state index in [1.165, 1.54) is 0 Å². The van der Waals surface area contributed by atoms with Gasteiger partial charge < -0.3 is 16.0 Å². The second-order valence-corrected chi connectivity index (χ2v) is 3.02. The fourth-order valence-corrected chi connectivity index (χ4v) is 1.19. The van der Waals surface area contributed by atoms with E-state index in [2.05, 4.69) is 16.0 Å². The van der Waals surface area contributed by atoms with Gasteiger partial charge in [0.2, 0.25) is 11.8 Å². The second kappa shape index (κ2) is 5.19. The van der Waals surface area contributed by atoms with E-state index in [0.717, 1.165) is 0 Å². The largest absolute Gasteiger partial charge is 0.354 e. The van der Waals surface area contributed by atoms with Gasteiger partial charge in [0.15, 0.2) is 0 Å². The summed E-state index contributed by atoms with van der Waals surface area (Å²) < 4.78 is 0. The first-order valence-electron chi connectivity index (χ1n) is 4.36. The third kappa shape index (κ3) is 3.41. The highest BCUT2D eigenvalue weighted by Crippen LogP contribution is 1.97. The average Bonchev–Trinajstić information content (AvgIpc) is 2.58. The quantitative estimate of drug-likeness (QED) is 0.458. The van der Waals surface area contributed by atoms with Gasteiger partial charge in [-0.05, 0) is 0 Å². The van der Waals surface area contributed by atoms with Crippen molar-refractivity contribution in [2.75, 3.05) is 19.6 Å². The molecule has 76 valence electrons. The van der Waals surface area contributed by atoms with Crippen LogP contribution in [0.2, 0.25) is 0 Å². The Morgan fingerprint density at radius 2 is 2.50 bits per heavy atom. The fourth-order valence-electron chi connectivity index (χ4n) is 1.19. The summed E-state index contributed by atoms with van der Waals surface area (Å²) >= 11 is 0. The smallest absolute Gasteiger partial charge is 0.234 e. The zero-order valence-corrected chi connectivity index (χ0v) is 7.67. The zero-order chi connectivity index (χ0) is 10.4. The number of nitriles is 1. The van der Waals surface area contributed by atoms with Gasteiger partial charge in [-0.2, -0.15) is 5.26 Å². The molecule has 6 heteroatoms. The summed E-state index contributed by atoms with van der Waals surface area (Å²) in [6.07, 6.45) is 0.408. The predicted octanol–water partition coefficient (Wildman–Crippen LogP) is -1.90. The summed E-state index contributed by atoms with van der Waals surface area (Å²) in [5, 5.41) is 16.2. The Bertz CT molecular complexity index is 271. The van der Waals surface area contributed by atoms with E-state index < -0.39 is 0 Å². The first kappa shape index (κ1) is 10.5. The Hall–Kier alpha value is -1.61. The summed E-state index contributed by atoms with van der Waals surface area (Å²) in [5.74, 6) is -0.231. The minimum atomic E-state index is -0.231. The Morgan fingerprint density at radius 3 is 3.07 bits per heavy atom. The first-order valence-corrected chi connectivity index (χ1v) is 4.36. The topological polar surface area (TPSA) is 94.0 Å². The van der Waals surface area contributed by atoms with E-state index in [4.69, 9.17) is 5.26 Å². The first-order chi connectivity index (χ1) is 6.72. The molecule has 1 aliphatic rings. The number of carbonyl (C=O) groups excluding carboxylic acids is 2. The van der Waals surface area contributed by atoms with Crippen LogP contribution in [0.1, 0.15) is 6.42 Å². The lowest BCUT2D eigenvalue weighted by Crippen LogP contribution is -2.40. The summed E-state index contributed by atoms with van der Waals surface area (Å²) in [5.41, 5.74) is 0. The maximum atomic E-state index is 11.0. The normalized spacial score (nSPS) is 19.9. The molecule has 3 N–H and O–H groups in total. The van der Waals surface area contributed by atoms with Crippen molar-refractivity contribution in [3.05, 3.63) is 0 Å². The molecule has 0 saturated carbocycles. The standard InChI is InChI=1S/C8H12N4O2/c9-1-2-10-8(14)5-11-6-3-7(13)12-4-6/h6,11H,2-5H2,(H,10,14)(H,12,13). The minimum absolute atomic E-state index is 0.0000620. The number of rotatable bonds is 4. The molecule has 0 bridgehead atoms. The number of carbonyl (C=O) groups is 2. The van der Waals surface area contributed by atoms with E-state index >= 15 is 0 Å². The Morgan fingerprint density at radius 1 is 1.71 bits per heavy atom. The molecular formula is C8H12N4O2. The van der Waals surface area contributed by atoms with E-state index in [1.54, 1.807) is 0 Å². The SMILES string of the molecule is N#CCNC(=O)CNC1CNC(=O)C1. The maximum absolute atomic E-state index is 11.0. The van der Waals surface area contributed by atoms with Crippen molar-refractivity contribution in [2.45, 2.75) is 12.5 Å². The lowest BCUT2D eigenvalue weighted by molar-refractivity contribution is -0.121. The Balaban J connectivity index is 2.11. The molecule has 1 unspecified atom stereocenters. The molecule has 0 spiro atoms. The predicted molar refractivity (Wildman–Crippen MR) is 48.0 cm³/mol. The van der Waals surface area contributed by atoms with Gasteiger partial charge >= 0.3 is 0 Å². The summed E-state index contributed by atoms with van der Waals surface area (Å²) in [4.78, 5) is 21.8. The molecular weight excluding hydrogens is 184 g/mol. The summed E-state index contributed by atoms with van der Waals surface area (Å²) in [6, 6.07) is 1.83. The van der Waals surface area contributed by atoms with Gasteiger partial charge in [-0.3, -0.25) is 9.59 Å². The van der Waals surface area contributed by atoms with Crippen LogP contribution in [0.4, 0.5) is 0 Å². The molecule has 1 aliphatic heterocycles. The second-order valence-electron chi connectivity index (χ2n) is 3.02. The highest BCUT2D eigenvalue weighted by atomic mass is 16.2. The van der Waals surface area contributed by atoms with Gasteiger partial charge in [0.05, 0.1) is 12.6 Å². The van der Waals surface area contributed by atoms with Crippen LogP contribution in [0, 0.1) is 11.3 Å². The molecule has 1 rings (SSSR count). The number of nitrogens with one attached hydrogen (secondary N) is 3. The van der Waals surface area contributed by atoms with Crippen LogP contribution in [0.25, 0.3) is 0 Å². The minimum Gasteiger partial charge on any atom is -0.354 e. The van der Waals surface area contributed by atoms with Crippen molar-refractivity contribution >= 4 is 11.8 Å². The Kier molecular flexibility index (Phi) is 3.88. The molecule has 1 saturated heterocycles. The number of nitrogens with zero attached hydrogens (tertiary/aromatic N) is 1. The summed E-state index contributed by atoms with van der Waals surface area (Å²) in [6.45, 7) is 0.716. The van der Waals surface area contributed by atoms with Gasteiger partial charge in [-0.15, -0.1) is 0 Å². The molecule has 0 aromatic rings. The lowest BCUT2D eigenvalue weighted by atomic mass is 10.2. The fraction of sp³-hybridized carbons (Fsp3) is 0.625. The average molecular weight is 196 g/mol. The van der Waals surface area contributed by atoms with Crippen LogP contribution in [0.15, 0.2) is 0 Å². The zero-order valence-electron chi connectivity index (χ0n) is 7.67. The van der Waals surface area contributed by atoms with Crippen LogP contribution < -0.4 is 16.0 Å². The van der Waals surface area contributed by atoms with E-state index in [0.29, 0.717) is 13.0 Å². The molecule has 2 amide bonds. The van der Waals surface area contributed by atoms with Gasteiger partial charge in [0, 0.05) is 19.0 Å². The van der Waals surface area contributed by atoms with E-state index in [-0.39, 0.29) is 30.9 Å². The van der Waals surface area contributed by atoms with E-state index in [1.807, 2.05) is 6.07 Å². The van der Waals surface area contributed by atoms with Crippen molar-refractivity contribution in [1.82, 2.24) is 16.0 Å². The molecule has 0 radical (unpaired) electrons. The monoisotopic (exact) mass is 196 g/mol. The highest BCUT2D eigenvalue weighted by Gasteiger charge is 2.20. The van der Waals surface area contributed by atoms with Crippen LogP contribution in [-0.2, 0) is 9.59 Å². The molecule has 6 nitrogen and oxygen atoms in total. The third-order valence-electron chi connectivity index (χ3n) is 1.89. The van der Waals surface area contributed by atoms with Gasteiger partial charge in [-0.1, -0.05) is 0 Å². The molecule has 1 heterocycles. The third-order valence-corrected chi connectivity index (χ3v) is 1.89. The van der Waals surface area contributed by atoms with Crippen LogP contribution in [0.3, 0.4) is 0 Å². The van der Waals surface area contributed by atoms with Crippen LogP contribution >= 0.6 is 0 Å². The van der Waals surface area contributed by atoms with Crippen molar-refractivity contribution in [3.63, 3.8) is 0 Å². The molecule has 0 aromatic carbocycles. The van der Waals surface area contributed by atoms with Crippen LogP contribution in [-0.4, -0.2) is 37.5 Å². The lowest BCUT2D eigenvalue weighted by Gasteiger charge is -2.08. The van der Waals surface area contributed by atoms with E-state index in [9.17, 15) is 9.59 Å². The number of hydrogen-bond donors (Lipinski definition) is 3. The molecule has 0 aliphatic carbocycles. The van der Waals surface area contributed by atoms with Crippen molar-refractivity contribution < 1.29 is 9.59 Å².